The van der Waals surface area contributed by atoms with E-state index in [-0.39, 0.29) is 0 Å². The van der Waals surface area contributed by atoms with Crippen LogP contribution in [-0.4, -0.2) is 0 Å². The Morgan fingerprint density at radius 3 is 1.92 bits per heavy atom. The average Bonchev–Trinajstić information content (AvgIpc) is 2.67. The third-order valence-corrected chi connectivity index (χ3v) is 5.38. The minimum absolute atomic E-state index is 1.12. The van der Waals surface area contributed by atoms with Crippen LogP contribution < -0.4 is 0 Å². The first kappa shape index (κ1) is 14.7. The van der Waals surface area contributed by atoms with Gasteiger partial charge in [-0.05, 0) is 67.7 Å². The second kappa shape index (κ2) is 5.72. The lowest BCUT2D eigenvalue weighted by atomic mass is 9.96. The van der Waals surface area contributed by atoms with Crippen molar-refractivity contribution in [3.8, 4) is 11.1 Å². The van der Waals surface area contributed by atoms with E-state index in [1.54, 1.807) is 0 Å². The third-order valence-electron chi connectivity index (χ3n) is 4.88. The zero-order valence-electron chi connectivity index (χ0n) is 13.5. The monoisotopic (exact) mass is 382 g/mol. The Kier molecular flexibility index (Phi) is 3.36. The topological polar surface area (TPSA) is 0 Å². The molecule has 5 rings (SSSR count). The van der Waals surface area contributed by atoms with Gasteiger partial charge >= 0.3 is 0 Å². The van der Waals surface area contributed by atoms with E-state index in [2.05, 4.69) is 107 Å². The number of fused-ring (bicyclic) bond motifs is 4. The molecule has 0 aliphatic heterocycles. The summed E-state index contributed by atoms with van der Waals surface area (Å²) in [5.74, 6) is 0. The van der Waals surface area contributed by atoms with Crippen LogP contribution in [0.3, 0.4) is 0 Å². The molecular weight excluding hydrogens is 368 g/mol. The van der Waals surface area contributed by atoms with E-state index in [4.69, 9.17) is 0 Å². The molecule has 0 fully saturated rings. The van der Waals surface area contributed by atoms with E-state index >= 15 is 0 Å². The molecule has 0 unspecified atom stereocenters. The van der Waals surface area contributed by atoms with E-state index in [1.165, 1.54) is 43.4 Å². The molecule has 1 heteroatoms. The largest absolute Gasteiger partial charge is 0.0616 e. The Bertz CT molecular complexity index is 1250. The molecule has 0 bridgehead atoms. The molecule has 0 amide bonds. The number of benzene rings is 5. The molecule has 0 aliphatic rings. The first-order valence-electron chi connectivity index (χ1n) is 8.39. The van der Waals surface area contributed by atoms with Gasteiger partial charge in [-0.3, -0.25) is 0 Å². The van der Waals surface area contributed by atoms with Crippen molar-refractivity contribution in [1.29, 1.82) is 0 Å². The Morgan fingerprint density at radius 1 is 0.440 bits per heavy atom. The van der Waals surface area contributed by atoms with Crippen LogP contribution in [-0.2, 0) is 0 Å². The first-order valence-corrected chi connectivity index (χ1v) is 9.18. The van der Waals surface area contributed by atoms with E-state index in [1.807, 2.05) is 0 Å². The standard InChI is InChI=1S/C24H15Br/c25-22-12-11-19-13-18(9-10-20(19)14-22)21-8-7-17-6-5-16-3-1-2-4-23(16)24(17)15-21/h1-15H. The average molecular weight is 383 g/mol. The fourth-order valence-electron chi connectivity index (χ4n) is 3.58. The van der Waals surface area contributed by atoms with E-state index in [0.29, 0.717) is 0 Å². The number of rotatable bonds is 1. The molecule has 0 radical (unpaired) electrons. The van der Waals surface area contributed by atoms with Crippen LogP contribution in [0.25, 0.3) is 43.4 Å². The fraction of sp³-hybridized carbons (Fsp3) is 0. The number of halogens is 1. The predicted octanol–water partition coefficient (Wildman–Crippen LogP) is 7.58. The first-order chi connectivity index (χ1) is 12.3. The van der Waals surface area contributed by atoms with Gasteiger partial charge in [0.25, 0.3) is 0 Å². The van der Waals surface area contributed by atoms with Crippen molar-refractivity contribution in [1.82, 2.24) is 0 Å². The van der Waals surface area contributed by atoms with Crippen LogP contribution in [0, 0.1) is 0 Å². The molecule has 0 nitrogen and oxygen atoms in total. The van der Waals surface area contributed by atoms with Crippen molar-refractivity contribution < 1.29 is 0 Å². The summed E-state index contributed by atoms with van der Waals surface area (Å²) in [4.78, 5) is 0. The van der Waals surface area contributed by atoms with Crippen LogP contribution in [0.5, 0.6) is 0 Å². The summed E-state index contributed by atoms with van der Waals surface area (Å²) >= 11 is 3.55. The molecule has 0 spiro atoms. The summed E-state index contributed by atoms with van der Waals surface area (Å²) in [6.45, 7) is 0. The Balaban J connectivity index is 1.74. The molecule has 0 aliphatic carbocycles. The van der Waals surface area contributed by atoms with Crippen molar-refractivity contribution in [2.75, 3.05) is 0 Å². The minimum atomic E-state index is 1.12. The van der Waals surface area contributed by atoms with Gasteiger partial charge in [0.15, 0.2) is 0 Å². The molecule has 0 atom stereocenters. The van der Waals surface area contributed by atoms with Gasteiger partial charge in [-0.25, -0.2) is 0 Å². The second-order valence-corrected chi connectivity index (χ2v) is 7.34. The van der Waals surface area contributed by atoms with Gasteiger partial charge in [0, 0.05) is 4.47 Å². The summed E-state index contributed by atoms with van der Waals surface area (Å²) in [6.07, 6.45) is 0. The lowest BCUT2D eigenvalue weighted by molar-refractivity contribution is 1.66. The van der Waals surface area contributed by atoms with Gasteiger partial charge in [0.2, 0.25) is 0 Å². The van der Waals surface area contributed by atoms with Crippen molar-refractivity contribution >= 4 is 48.2 Å². The summed E-state index contributed by atoms with van der Waals surface area (Å²) in [5, 5.41) is 7.71. The number of hydrogen-bond donors (Lipinski definition) is 0. The van der Waals surface area contributed by atoms with Gasteiger partial charge in [0.05, 0.1) is 0 Å². The Labute approximate surface area is 154 Å². The lowest BCUT2D eigenvalue weighted by Gasteiger charge is -2.08. The highest BCUT2D eigenvalue weighted by Gasteiger charge is 2.05. The van der Waals surface area contributed by atoms with Crippen LogP contribution in [0.2, 0.25) is 0 Å². The quantitative estimate of drug-likeness (QED) is 0.262. The lowest BCUT2D eigenvalue weighted by Crippen LogP contribution is -1.82. The second-order valence-electron chi connectivity index (χ2n) is 6.43. The summed E-state index contributed by atoms with van der Waals surface area (Å²) < 4.78 is 1.12. The zero-order chi connectivity index (χ0) is 16.8. The normalized spacial score (nSPS) is 11.4. The molecule has 0 heterocycles. The highest BCUT2D eigenvalue weighted by molar-refractivity contribution is 9.10. The SMILES string of the molecule is Brc1ccc2cc(-c3ccc4ccc5ccccc5c4c3)ccc2c1. The van der Waals surface area contributed by atoms with Crippen molar-refractivity contribution in [2.24, 2.45) is 0 Å². The maximum atomic E-state index is 3.55. The number of hydrogen-bond acceptors (Lipinski definition) is 0. The Hall–Kier alpha value is -2.64. The maximum absolute atomic E-state index is 3.55. The van der Waals surface area contributed by atoms with Crippen LogP contribution in [0.4, 0.5) is 0 Å². The van der Waals surface area contributed by atoms with Crippen molar-refractivity contribution in [3.63, 3.8) is 0 Å². The van der Waals surface area contributed by atoms with E-state index in [0.717, 1.165) is 4.47 Å². The van der Waals surface area contributed by atoms with E-state index < -0.39 is 0 Å². The van der Waals surface area contributed by atoms with Gasteiger partial charge in [-0.1, -0.05) is 82.7 Å². The smallest absolute Gasteiger partial charge is 0.0181 e. The van der Waals surface area contributed by atoms with Gasteiger partial charge in [-0.2, -0.15) is 0 Å². The van der Waals surface area contributed by atoms with E-state index in [9.17, 15) is 0 Å². The molecule has 25 heavy (non-hydrogen) atoms. The van der Waals surface area contributed by atoms with Gasteiger partial charge < -0.3 is 0 Å². The molecule has 0 saturated heterocycles. The van der Waals surface area contributed by atoms with Crippen molar-refractivity contribution in [3.05, 3.63) is 95.5 Å². The zero-order valence-corrected chi connectivity index (χ0v) is 15.1. The molecule has 0 aromatic heterocycles. The summed E-state index contributed by atoms with van der Waals surface area (Å²) in [7, 11) is 0. The van der Waals surface area contributed by atoms with Crippen LogP contribution in [0.1, 0.15) is 0 Å². The van der Waals surface area contributed by atoms with Gasteiger partial charge in [0.1, 0.15) is 0 Å². The molecule has 0 saturated carbocycles. The molecule has 5 aromatic carbocycles. The van der Waals surface area contributed by atoms with Crippen LogP contribution in [0.15, 0.2) is 95.5 Å². The van der Waals surface area contributed by atoms with Crippen LogP contribution >= 0.6 is 15.9 Å². The summed E-state index contributed by atoms with van der Waals surface area (Å²) in [5.41, 5.74) is 2.51. The molecule has 5 aromatic rings. The molecular formula is C24H15Br. The third kappa shape index (κ3) is 2.52. The predicted molar refractivity (Wildman–Crippen MR) is 112 cm³/mol. The Morgan fingerprint density at radius 2 is 1.04 bits per heavy atom. The molecule has 118 valence electrons. The fourth-order valence-corrected chi connectivity index (χ4v) is 3.96. The van der Waals surface area contributed by atoms with Crippen molar-refractivity contribution in [2.45, 2.75) is 0 Å². The highest BCUT2D eigenvalue weighted by Crippen LogP contribution is 2.31. The minimum Gasteiger partial charge on any atom is -0.0616 e. The molecule has 0 N–H and O–H groups in total. The maximum Gasteiger partial charge on any atom is 0.0181 e. The summed E-state index contributed by atoms with van der Waals surface area (Å²) in [6, 6.07) is 32.9. The highest BCUT2D eigenvalue weighted by atomic mass is 79.9. The van der Waals surface area contributed by atoms with Gasteiger partial charge in [-0.15, -0.1) is 0 Å².